The molecule has 152 valence electrons. The van der Waals surface area contributed by atoms with E-state index in [1.807, 2.05) is 31.2 Å². The van der Waals surface area contributed by atoms with Gasteiger partial charge in [-0.05, 0) is 49.4 Å². The molecule has 0 saturated heterocycles. The molecular weight excluding hydrogens is 395 g/mol. The van der Waals surface area contributed by atoms with E-state index in [9.17, 15) is 9.18 Å². The van der Waals surface area contributed by atoms with Gasteiger partial charge in [0.2, 0.25) is 0 Å². The lowest BCUT2D eigenvalue weighted by atomic mass is 10.1. The Morgan fingerprint density at radius 1 is 1.21 bits per heavy atom. The van der Waals surface area contributed by atoms with Gasteiger partial charge in [0.1, 0.15) is 16.7 Å². The highest BCUT2D eigenvalue weighted by molar-refractivity contribution is 6.30. The van der Waals surface area contributed by atoms with Crippen LogP contribution in [0.5, 0.6) is 5.75 Å². The Hall–Kier alpha value is -2.70. The van der Waals surface area contributed by atoms with E-state index in [0.29, 0.717) is 30.5 Å². The molecule has 0 aliphatic carbocycles. The monoisotopic (exact) mass is 416 g/mol. The molecule has 0 aliphatic heterocycles. The van der Waals surface area contributed by atoms with Crippen LogP contribution < -0.4 is 4.74 Å². The van der Waals surface area contributed by atoms with Gasteiger partial charge in [-0.15, -0.1) is 0 Å². The number of ether oxygens (including phenoxy) is 2. The van der Waals surface area contributed by atoms with Gasteiger partial charge >= 0.3 is 0 Å². The fourth-order valence-electron chi connectivity index (χ4n) is 3.01. The summed E-state index contributed by atoms with van der Waals surface area (Å²) in [6, 6.07) is 13.1. The fraction of sp³-hybridized carbons (Fsp3) is 0.273. The molecule has 0 fully saturated rings. The molecule has 29 heavy (non-hydrogen) atoms. The van der Waals surface area contributed by atoms with Crippen molar-refractivity contribution in [1.29, 1.82) is 0 Å². The summed E-state index contributed by atoms with van der Waals surface area (Å²) in [5.41, 5.74) is 1.69. The number of rotatable bonds is 8. The number of aromatic nitrogens is 1. The highest BCUT2D eigenvalue weighted by atomic mass is 35.5. The number of fused-ring (bicyclic) bond motifs is 1. The van der Waals surface area contributed by atoms with Crippen LogP contribution >= 0.6 is 11.6 Å². The molecule has 0 atom stereocenters. The van der Waals surface area contributed by atoms with Crippen LogP contribution in [0.3, 0.4) is 0 Å². The fourth-order valence-corrected chi connectivity index (χ4v) is 3.21. The van der Waals surface area contributed by atoms with Crippen LogP contribution in [-0.4, -0.2) is 42.7 Å². The van der Waals surface area contributed by atoms with E-state index < -0.39 is 5.82 Å². The normalized spacial score (nSPS) is 10.9. The summed E-state index contributed by atoms with van der Waals surface area (Å²) in [6.45, 7) is 3.38. The first-order valence-electron chi connectivity index (χ1n) is 9.27. The maximum atomic E-state index is 13.6. The second kappa shape index (κ2) is 9.67. The Kier molecular flexibility index (Phi) is 7.01. The number of pyridine rings is 1. The molecule has 7 heteroatoms. The van der Waals surface area contributed by atoms with Gasteiger partial charge in [0.05, 0.1) is 18.7 Å². The average molecular weight is 417 g/mol. The largest absolute Gasteiger partial charge is 0.494 e. The molecule has 3 aromatic rings. The first-order valence-corrected chi connectivity index (χ1v) is 9.65. The molecule has 0 unspecified atom stereocenters. The maximum absolute atomic E-state index is 13.6. The van der Waals surface area contributed by atoms with Gasteiger partial charge in [0.25, 0.3) is 5.91 Å². The van der Waals surface area contributed by atoms with Crippen molar-refractivity contribution in [2.45, 2.75) is 13.5 Å². The number of amides is 1. The third kappa shape index (κ3) is 5.22. The minimum Gasteiger partial charge on any atom is -0.494 e. The minimum atomic E-state index is -0.462. The standard InChI is InChI=1S/C22H22ClFN2O3/c1-3-29-19-7-8-20-16(13-19)11-17(21(23)25-20)14-26(9-10-28-2)22(27)15-5-4-6-18(24)12-15/h4-8,11-13H,3,9-10,14H2,1-2H3. The maximum Gasteiger partial charge on any atom is 0.254 e. The minimum absolute atomic E-state index is 0.222. The molecule has 1 aromatic heterocycles. The topological polar surface area (TPSA) is 51.7 Å². The van der Waals surface area contributed by atoms with Crippen LogP contribution in [0.15, 0.2) is 48.5 Å². The predicted molar refractivity (Wildman–Crippen MR) is 111 cm³/mol. The number of halogens is 2. The summed E-state index contributed by atoms with van der Waals surface area (Å²) in [5.74, 6) is -0.0284. The number of hydrogen-bond donors (Lipinski definition) is 0. The molecule has 0 bridgehead atoms. The number of nitrogens with zero attached hydrogens (tertiary/aromatic N) is 2. The van der Waals surface area contributed by atoms with E-state index in [1.165, 1.54) is 18.2 Å². The van der Waals surface area contributed by atoms with E-state index in [0.717, 1.165) is 16.7 Å². The van der Waals surface area contributed by atoms with Gasteiger partial charge in [-0.2, -0.15) is 0 Å². The summed E-state index contributed by atoms with van der Waals surface area (Å²) in [4.78, 5) is 18.9. The molecule has 1 amide bonds. The van der Waals surface area contributed by atoms with Crippen molar-refractivity contribution in [2.75, 3.05) is 26.9 Å². The Bertz CT molecular complexity index is 1010. The third-order valence-electron chi connectivity index (χ3n) is 4.41. The quantitative estimate of drug-likeness (QED) is 0.499. The van der Waals surface area contributed by atoms with E-state index >= 15 is 0 Å². The third-order valence-corrected chi connectivity index (χ3v) is 4.74. The molecule has 0 spiro atoms. The highest BCUT2D eigenvalue weighted by Gasteiger charge is 2.19. The molecule has 0 aliphatic rings. The molecule has 0 radical (unpaired) electrons. The van der Waals surface area contributed by atoms with Gasteiger partial charge in [-0.1, -0.05) is 17.7 Å². The van der Waals surface area contributed by atoms with Gasteiger partial charge in [0, 0.05) is 36.7 Å². The molecular formula is C22H22ClFN2O3. The smallest absolute Gasteiger partial charge is 0.254 e. The van der Waals surface area contributed by atoms with Crippen LogP contribution in [0.1, 0.15) is 22.8 Å². The van der Waals surface area contributed by atoms with E-state index in [4.69, 9.17) is 21.1 Å². The summed E-state index contributed by atoms with van der Waals surface area (Å²) in [5, 5.41) is 1.18. The van der Waals surface area contributed by atoms with Crippen molar-refractivity contribution in [1.82, 2.24) is 9.88 Å². The summed E-state index contributed by atoms with van der Waals surface area (Å²) >= 11 is 6.39. The molecule has 0 N–H and O–H groups in total. The van der Waals surface area contributed by atoms with E-state index in [1.54, 1.807) is 18.1 Å². The van der Waals surface area contributed by atoms with Crippen molar-refractivity contribution in [2.24, 2.45) is 0 Å². The average Bonchev–Trinajstić information content (AvgIpc) is 2.71. The van der Waals surface area contributed by atoms with Crippen LogP contribution in [0.4, 0.5) is 4.39 Å². The van der Waals surface area contributed by atoms with Gasteiger partial charge in [0.15, 0.2) is 0 Å². The van der Waals surface area contributed by atoms with Gasteiger partial charge in [-0.25, -0.2) is 9.37 Å². The van der Waals surface area contributed by atoms with E-state index in [2.05, 4.69) is 4.98 Å². The van der Waals surface area contributed by atoms with Gasteiger partial charge < -0.3 is 14.4 Å². The zero-order chi connectivity index (χ0) is 20.8. The molecule has 2 aromatic carbocycles. The Morgan fingerprint density at radius 3 is 2.76 bits per heavy atom. The number of benzene rings is 2. The summed E-state index contributed by atoms with van der Waals surface area (Å²) in [7, 11) is 1.56. The lowest BCUT2D eigenvalue weighted by Crippen LogP contribution is -2.33. The summed E-state index contributed by atoms with van der Waals surface area (Å²) in [6.07, 6.45) is 0. The van der Waals surface area contributed by atoms with Crippen LogP contribution in [-0.2, 0) is 11.3 Å². The first-order chi connectivity index (χ1) is 14.0. The Labute approximate surface area is 174 Å². The van der Waals surface area contributed by atoms with Crippen molar-refractivity contribution in [3.05, 3.63) is 70.6 Å². The van der Waals surface area contributed by atoms with Crippen molar-refractivity contribution in [3.8, 4) is 5.75 Å². The molecule has 1 heterocycles. The number of methoxy groups -OCH3 is 1. The lowest BCUT2D eigenvalue weighted by Gasteiger charge is -2.23. The first kappa shape index (κ1) is 21.0. The number of carbonyl (C=O) groups excluding carboxylic acids is 1. The molecule has 0 saturated carbocycles. The highest BCUT2D eigenvalue weighted by Crippen LogP contribution is 2.26. The van der Waals surface area contributed by atoms with Crippen LogP contribution in [0.25, 0.3) is 10.9 Å². The van der Waals surface area contributed by atoms with Crippen LogP contribution in [0.2, 0.25) is 5.15 Å². The predicted octanol–water partition coefficient (Wildman–Crippen LogP) is 4.71. The second-order valence-corrected chi connectivity index (χ2v) is 6.81. The Balaban J connectivity index is 1.92. The van der Waals surface area contributed by atoms with Crippen LogP contribution in [0, 0.1) is 5.82 Å². The van der Waals surface area contributed by atoms with Crippen molar-refractivity contribution < 1.29 is 18.7 Å². The molecule has 5 nitrogen and oxygen atoms in total. The zero-order valence-electron chi connectivity index (χ0n) is 16.3. The summed E-state index contributed by atoms with van der Waals surface area (Å²) < 4.78 is 24.2. The Morgan fingerprint density at radius 2 is 2.03 bits per heavy atom. The SMILES string of the molecule is CCOc1ccc2nc(Cl)c(CN(CCOC)C(=O)c3cccc(F)c3)cc2c1. The zero-order valence-corrected chi connectivity index (χ0v) is 17.1. The van der Waals surface area contributed by atoms with Crippen molar-refractivity contribution in [3.63, 3.8) is 0 Å². The molecule has 3 rings (SSSR count). The number of hydrogen-bond acceptors (Lipinski definition) is 4. The lowest BCUT2D eigenvalue weighted by molar-refractivity contribution is 0.0680. The second-order valence-electron chi connectivity index (χ2n) is 6.46. The van der Waals surface area contributed by atoms with E-state index in [-0.39, 0.29) is 18.0 Å². The van der Waals surface area contributed by atoms with Gasteiger partial charge in [-0.3, -0.25) is 4.79 Å². The number of carbonyl (C=O) groups is 1. The van der Waals surface area contributed by atoms with Crippen molar-refractivity contribution >= 4 is 28.4 Å².